The molecule has 7 N–H and O–H groups in total. The lowest BCUT2D eigenvalue weighted by molar-refractivity contribution is 0.186. The van der Waals surface area contributed by atoms with Crippen LogP contribution >= 0.6 is 23.4 Å². The summed E-state index contributed by atoms with van der Waals surface area (Å²) in [6, 6.07) is 7.97. The van der Waals surface area contributed by atoms with Crippen molar-refractivity contribution in [3.8, 4) is 11.3 Å². The van der Waals surface area contributed by atoms with Gasteiger partial charge in [0.05, 0.1) is 40.2 Å². The highest BCUT2D eigenvalue weighted by Crippen LogP contribution is 2.34. The molecule has 2 aliphatic rings. The fraction of sp³-hybridized carbons (Fsp3) is 0.485. The number of aliphatic hydroxyl groups is 1. The fourth-order valence-electron chi connectivity index (χ4n) is 6.10. The summed E-state index contributed by atoms with van der Waals surface area (Å²) in [6.07, 6.45) is 12.3. The van der Waals surface area contributed by atoms with Crippen molar-refractivity contribution in [2.24, 2.45) is 10.7 Å². The lowest BCUT2D eigenvalue weighted by Gasteiger charge is -2.27. The van der Waals surface area contributed by atoms with Crippen LogP contribution in [0, 0.1) is 11.2 Å². The first kappa shape index (κ1) is 33.4. The first-order chi connectivity index (χ1) is 21.6. The number of pyridine rings is 1. The first-order valence-electron chi connectivity index (χ1n) is 15.7. The zero-order valence-corrected chi connectivity index (χ0v) is 27.7. The molecule has 4 heterocycles. The smallest absolute Gasteiger partial charge is 0.231 e. The zero-order valence-electron chi connectivity index (χ0n) is 26.2. The number of anilines is 1. The Hall–Kier alpha value is -2.96. The second kappa shape index (κ2) is 15.1. The maximum absolute atomic E-state index is 15.2. The van der Waals surface area contributed by atoms with E-state index in [1.54, 1.807) is 35.8 Å². The van der Waals surface area contributed by atoms with E-state index >= 15 is 4.39 Å². The van der Waals surface area contributed by atoms with Crippen LogP contribution in [0.1, 0.15) is 76.1 Å². The molecule has 5 rings (SSSR count). The fourth-order valence-corrected chi connectivity index (χ4v) is 6.99. The summed E-state index contributed by atoms with van der Waals surface area (Å²) in [7, 11) is 0. The molecule has 1 aromatic carbocycles. The van der Waals surface area contributed by atoms with Crippen LogP contribution in [0.2, 0.25) is 5.02 Å². The minimum absolute atomic E-state index is 0.0711. The minimum Gasteiger partial charge on any atom is -0.374 e. The van der Waals surface area contributed by atoms with Gasteiger partial charge < -0.3 is 31.4 Å². The van der Waals surface area contributed by atoms with E-state index in [2.05, 4.69) is 20.6 Å². The normalized spacial score (nSPS) is 20.5. The van der Waals surface area contributed by atoms with Crippen molar-refractivity contribution in [1.29, 1.82) is 5.41 Å². The summed E-state index contributed by atoms with van der Waals surface area (Å²) in [4.78, 5) is 15.3. The molecule has 1 saturated heterocycles. The standard InChI is InChI=1S/C33H44ClFN8OS/c1-19(36)7-6-8-21-13-25(30(35)26(34)14-21)28-15-22-18-43(33(44)42-32(22)41-28)24-16-29(45-3)31(39-17-24)27-10-5-4-9-23(40-27)11-12-38-20(2)37/h13-19,23,27,33,40,44H,4-12,36H2,1-3H3,(H2,37,38)(H,41,42)/t19-,23-,27-,33?/m0/s1. The van der Waals surface area contributed by atoms with E-state index in [9.17, 15) is 5.11 Å². The van der Waals surface area contributed by atoms with Gasteiger partial charge in [0.2, 0.25) is 6.35 Å². The van der Waals surface area contributed by atoms with E-state index in [1.165, 1.54) is 0 Å². The molecule has 1 fully saturated rings. The number of halogens is 2. The molecule has 9 nitrogen and oxygen atoms in total. The minimum atomic E-state index is -1.17. The molecule has 12 heteroatoms. The molecule has 2 aromatic heterocycles. The Bertz CT molecular complexity index is 1630. The number of aryl methyl sites for hydroxylation is 1. The van der Waals surface area contributed by atoms with Crippen LogP contribution < -0.4 is 32.0 Å². The van der Waals surface area contributed by atoms with Crippen molar-refractivity contribution in [2.75, 3.05) is 17.7 Å². The second-order valence-electron chi connectivity index (χ2n) is 12.1. The second-order valence-corrected chi connectivity index (χ2v) is 13.4. The third kappa shape index (κ3) is 8.26. The predicted molar refractivity (Wildman–Crippen MR) is 182 cm³/mol. The number of thioether (sulfide) groups is 1. The number of hydrogen-bond donors (Lipinski definition) is 6. The molecule has 1 unspecified atom stereocenters. The van der Waals surface area contributed by atoms with Gasteiger partial charge in [-0.15, -0.1) is 11.8 Å². The van der Waals surface area contributed by atoms with E-state index in [4.69, 9.17) is 27.7 Å². The van der Waals surface area contributed by atoms with Gasteiger partial charge in [-0.3, -0.25) is 10.4 Å². The molecular formula is C33H44ClFN8OS. The number of rotatable bonds is 11. The molecular weight excluding hydrogens is 611 g/mol. The van der Waals surface area contributed by atoms with E-state index in [0.29, 0.717) is 34.3 Å². The van der Waals surface area contributed by atoms with Crippen molar-refractivity contribution in [3.05, 3.63) is 63.3 Å². The number of fused-ring (bicyclic) bond motifs is 1. The molecule has 0 saturated carbocycles. The van der Waals surface area contributed by atoms with Crippen molar-refractivity contribution in [2.45, 2.75) is 94.6 Å². The van der Waals surface area contributed by atoms with E-state index in [0.717, 1.165) is 79.3 Å². The van der Waals surface area contributed by atoms with Gasteiger partial charge in [-0.2, -0.15) is 0 Å². The van der Waals surface area contributed by atoms with Crippen molar-refractivity contribution < 1.29 is 9.50 Å². The van der Waals surface area contributed by atoms with Crippen molar-refractivity contribution >= 4 is 41.1 Å². The lowest BCUT2D eigenvalue weighted by atomic mass is 10.0. The number of aromatic amines is 1. The number of nitrogens with zero attached hydrogens (tertiary/aromatic N) is 3. The molecule has 242 valence electrons. The Morgan fingerprint density at radius 3 is 2.84 bits per heavy atom. The molecule has 3 aromatic rings. The molecule has 4 atom stereocenters. The quantitative estimate of drug-likeness (QED) is 0.0976. The summed E-state index contributed by atoms with van der Waals surface area (Å²) in [5.74, 6) is -0.00785. The third-order valence-corrected chi connectivity index (χ3v) is 9.47. The van der Waals surface area contributed by atoms with Crippen LogP contribution in [0.4, 0.5) is 10.1 Å². The van der Waals surface area contributed by atoms with Gasteiger partial charge >= 0.3 is 0 Å². The van der Waals surface area contributed by atoms with Gasteiger partial charge in [0.25, 0.3) is 0 Å². The summed E-state index contributed by atoms with van der Waals surface area (Å²) in [6.45, 7) is 4.51. The van der Waals surface area contributed by atoms with Gasteiger partial charge in [-0.25, -0.2) is 9.38 Å². The molecule has 0 radical (unpaired) electrons. The number of benzene rings is 1. The Balaban J connectivity index is 1.39. The maximum atomic E-state index is 15.2. The van der Waals surface area contributed by atoms with Gasteiger partial charge in [-0.1, -0.05) is 24.4 Å². The number of aromatic nitrogens is 2. The molecule has 0 amide bonds. The first-order valence-corrected chi connectivity index (χ1v) is 17.3. The molecule has 2 aliphatic heterocycles. The number of H-pyrrole nitrogens is 1. The molecule has 0 bridgehead atoms. The predicted octanol–water partition coefficient (Wildman–Crippen LogP) is 4.96. The number of hydrogen-bond acceptors (Lipinski definition) is 8. The van der Waals surface area contributed by atoms with Crippen molar-refractivity contribution in [3.63, 3.8) is 0 Å². The van der Waals surface area contributed by atoms with Crippen LogP contribution in [-0.2, 0) is 6.42 Å². The van der Waals surface area contributed by atoms with Crippen LogP contribution in [-0.4, -0.2) is 52.1 Å². The lowest BCUT2D eigenvalue weighted by Crippen LogP contribution is -2.41. The van der Waals surface area contributed by atoms with E-state index in [-0.39, 0.29) is 17.1 Å². The maximum Gasteiger partial charge on any atom is 0.231 e. The summed E-state index contributed by atoms with van der Waals surface area (Å²) >= 11 is 7.93. The number of nitrogens with one attached hydrogen (secondary N) is 4. The van der Waals surface area contributed by atoms with Crippen LogP contribution in [0.5, 0.6) is 0 Å². The van der Waals surface area contributed by atoms with E-state index < -0.39 is 12.2 Å². The van der Waals surface area contributed by atoms with Crippen LogP contribution in [0.3, 0.4) is 0 Å². The van der Waals surface area contributed by atoms with Gasteiger partial charge in [-0.05, 0) is 88.5 Å². The van der Waals surface area contributed by atoms with E-state index in [1.807, 2.05) is 37.6 Å². The zero-order chi connectivity index (χ0) is 32.1. The Labute approximate surface area is 273 Å². The van der Waals surface area contributed by atoms with Crippen LogP contribution in [0.15, 0.2) is 40.4 Å². The monoisotopic (exact) mass is 654 g/mol. The Morgan fingerprint density at radius 1 is 1.29 bits per heavy atom. The van der Waals surface area contributed by atoms with Gasteiger partial charge in [0.1, 0.15) is 5.49 Å². The average Bonchev–Trinajstić information content (AvgIpc) is 3.26. The molecule has 45 heavy (non-hydrogen) atoms. The van der Waals surface area contributed by atoms with Gasteiger partial charge in [0, 0.05) is 40.5 Å². The highest BCUT2D eigenvalue weighted by molar-refractivity contribution is 7.98. The Morgan fingerprint density at radius 2 is 2.09 bits per heavy atom. The average molecular weight is 655 g/mol. The molecule has 0 aliphatic carbocycles. The number of amidine groups is 1. The summed E-state index contributed by atoms with van der Waals surface area (Å²) < 4.78 is 15.2. The highest BCUT2D eigenvalue weighted by Gasteiger charge is 2.26. The topological polar surface area (TPSA) is 138 Å². The van der Waals surface area contributed by atoms with Gasteiger partial charge in [0.15, 0.2) is 5.82 Å². The summed E-state index contributed by atoms with van der Waals surface area (Å²) in [5, 5.41) is 26.4. The van der Waals surface area contributed by atoms with Crippen molar-refractivity contribution in [1.82, 2.24) is 20.6 Å². The SMILES string of the molecule is CSc1cc(N2C=c3cc(-c4cc(CCC[C@H](C)N)cc(Cl)c4F)[nH]c3=NC2O)cnc1[C@@H]1CCCC[C@@H](CCNC(C)=N)N1. The number of aliphatic hydroxyl groups excluding tert-OH is 1. The summed E-state index contributed by atoms with van der Waals surface area (Å²) in [5.41, 5.74) is 9.95. The highest BCUT2D eigenvalue weighted by atomic mass is 35.5. The number of nitrogens with two attached hydrogens (primary N) is 1. The third-order valence-electron chi connectivity index (χ3n) is 8.43. The van der Waals surface area contributed by atoms with Crippen LogP contribution in [0.25, 0.3) is 17.5 Å². The molecule has 0 spiro atoms. The largest absolute Gasteiger partial charge is 0.374 e. The Kier molecular flexibility index (Phi) is 11.2.